The molecule has 161 valence electrons. The van der Waals surface area contributed by atoms with Crippen LogP contribution < -0.4 is 12.3 Å². The van der Waals surface area contributed by atoms with Crippen LogP contribution in [0.3, 0.4) is 0 Å². The van der Waals surface area contributed by atoms with Gasteiger partial charge in [0.15, 0.2) is 0 Å². The van der Waals surface area contributed by atoms with Gasteiger partial charge in [0.2, 0.25) is 0 Å². The van der Waals surface area contributed by atoms with E-state index in [9.17, 15) is 0 Å². The molecule has 11 N–H and O–H groups in total. The average molecular weight is 551 g/mol. The SMILES string of the molecule is O=[N+]([O-])O.O=[N+]([O-])O.O=[N+]([O-])O.O=[N+]([O-])[O-].O=[N+]([O-])[O-].O=[N+]([O-])[O-].[Ce+3].[NH4+].[NH4+]. The van der Waals surface area contributed by atoms with Crippen LogP contribution in [0.1, 0.15) is 0 Å². The molecular formula is H11CeN8O18+2. The van der Waals surface area contributed by atoms with Crippen molar-refractivity contribution in [2.45, 2.75) is 0 Å². The summed E-state index contributed by atoms with van der Waals surface area (Å²) in [5, 5.41) is 85.2. The predicted molar refractivity (Wildman–Crippen MR) is 69.4 cm³/mol. The monoisotopic (exact) mass is 551 g/mol. The first kappa shape index (κ1) is 56.6. The van der Waals surface area contributed by atoms with Crippen LogP contribution in [0, 0.1) is 118 Å². The molecule has 27 heteroatoms. The Morgan fingerprint density at radius 1 is 0.407 bits per heavy atom. The zero-order chi connectivity index (χ0) is 21.5. The maximum absolute atomic E-state index is 8.36. The summed E-state index contributed by atoms with van der Waals surface area (Å²) in [4.78, 5) is 49.8. The Kier molecular flexibility index (Phi) is 104. The smallest absolute Gasteiger partial charge is 0.369 e. The molecule has 0 aromatic rings. The minimum Gasteiger partial charge on any atom is -0.369 e. The fourth-order valence-corrected chi connectivity index (χ4v) is 0. The molecule has 0 unspecified atom stereocenters. The van der Waals surface area contributed by atoms with Crippen molar-refractivity contribution in [1.82, 2.24) is 12.3 Å². The van der Waals surface area contributed by atoms with Gasteiger partial charge in [-0.3, -0.25) is 0 Å². The van der Waals surface area contributed by atoms with Crippen molar-refractivity contribution >= 4 is 0 Å². The van der Waals surface area contributed by atoms with Crippen molar-refractivity contribution in [1.29, 1.82) is 0 Å². The molecule has 0 rings (SSSR count). The number of hydrogen-bond acceptors (Lipinski definition) is 15. The van der Waals surface area contributed by atoms with Gasteiger partial charge in [0, 0.05) is 0 Å². The summed E-state index contributed by atoms with van der Waals surface area (Å²) in [6.45, 7) is 0. The zero-order valence-corrected chi connectivity index (χ0v) is 15.8. The van der Waals surface area contributed by atoms with Crippen molar-refractivity contribution < 1.29 is 87.9 Å². The van der Waals surface area contributed by atoms with E-state index in [-0.39, 0.29) is 54.0 Å². The Morgan fingerprint density at radius 2 is 0.407 bits per heavy atom. The third-order valence-electron chi connectivity index (χ3n) is 0. The minimum atomic E-state index is -1.75. The Bertz CT molecular complexity index is 260. The van der Waals surface area contributed by atoms with Crippen molar-refractivity contribution in [3.8, 4) is 0 Å². The standard InChI is InChI=1S/Ce.3HNO3.3NO3.2H3N/c;6*2-1(3)4;;/h;3*(H,2,3,4);;;;2*1H3/q+3;;;;3*-1;;/p+2. The molecule has 0 aromatic carbocycles. The van der Waals surface area contributed by atoms with E-state index in [1.807, 2.05) is 0 Å². The average Bonchev–Trinajstić information content (AvgIpc) is 2.08. The van der Waals surface area contributed by atoms with Gasteiger partial charge in [0.05, 0.1) is 15.3 Å². The summed E-state index contributed by atoms with van der Waals surface area (Å²) in [7, 11) is 0. The molecule has 0 saturated carbocycles. The normalized spacial score (nSPS) is 5.33. The third kappa shape index (κ3) is 770. The Morgan fingerprint density at radius 3 is 0.407 bits per heavy atom. The third-order valence-corrected chi connectivity index (χ3v) is 0. The molecule has 27 heavy (non-hydrogen) atoms. The summed E-state index contributed by atoms with van der Waals surface area (Å²) in [6.07, 6.45) is 0. The Balaban J connectivity index is -0.0000000201. The van der Waals surface area contributed by atoms with Gasteiger partial charge in [-0.05, 0) is 0 Å². The Hall–Kier alpha value is -3.50. The fourth-order valence-electron chi connectivity index (χ4n) is 0. The topological polar surface area (TPSA) is 462 Å². The van der Waals surface area contributed by atoms with Crippen LogP contribution in [0.2, 0.25) is 0 Å². The molecule has 0 bridgehead atoms. The van der Waals surface area contributed by atoms with E-state index in [1.54, 1.807) is 0 Å². The van der Waals surface area contributed by atoms with Crippen molar-refractivity contribution in [3.05, 3.63) is 76.3 Å². The van der Waals surface area contributed by atoms with Crippen LogP contribution >= 0.6 is 0 Å². The molecule has 0 heterocycles. The molecule has 0 spiro atoms. The van der Waals surface area contributed by atoms with Crippen LogP contribution in [0.5, 0.6) is 0 Å². The van der Waals surface area contributed by atoms with E-state index in [0.717, 1.165) is 0 Å². The molecule has 1 radical (unpaired) electrons. The first-order valence-electron chi connectivity index (χ1n) is 3.34. The van der Waals surface area contributed by atoms with Crippen molar-refractivity contribution in [2.24, 2.45) is 0 Å². The summed E-state index contributed by atoms with van der Waals surface area (Å²) in [6, 6.07) is 0. The van der Waals surface area contributed by atoms with Gasteiger partial charge >= 0.3 is 41.7 Å². The van der Waals surface area contributed by atoms with Gasteiger partial charge in [-0.15, -0.1) is 30.3 Å². The second-order valence-electron chi connectivity index (χ2n) is 1.38. The van der Waals surface area contributed by atoms with E-state index in [0.29, 0.717) is 0 Å². The van der Waals surface area contributed by atoms with E-state index >= 15 is 0 Å². The maximum Gasteiger partial charge on any atom is 3.00 e. The predicted octanol–water partition coefficient (Wildman–Crippen LogP) is -1.01. The van der Waals surface area contributed by atoms with Gasteiger partial charge in [0.25, 0.3) is 15.3 Å². The molecule has 0 amide bonds. The largest absolute Gasteiger partial charge is 3.00 e. The number of hydrogen-bond donors (Lipinski definition) is 5. The first-order valence-corrected chi connectivity index (χ1v) is 3.34. The maximum atomic E-state index is 8.36. The summed E-state index contributed by atoms with van der Waals surface area (Å²) in [5.41, 5.74) is 0. The molecule has 0 saturated heterocycles. The van der Waals surface area contributed by atoms with Crippen LogP contribution in [0.25, 0.3) is 0 Å². The first-order chi connectivity index (χ1) is 10.4. The van der Waals surface area contributed by atoms with Gasteiger partial charge in [-0.25, -0.2) is 0 Å². The van der Waals surface area contributed by atoms with Gasteiger partial charge in [-0.1, -0.05) is 0 Å². The quantitative estimate of drug-likeness (QED) is 0.178. The van der Waals surface area contributed by atoms with Crippen LogP contribution in [-0.4, -0.2) is 46.1 Å². The van der Waals surface area contributed by atoms with E-state index < -0.39 is 30.5 Å². The minimum absolute atomic E-state index is 0. The molecule has 26 nitrogen and oxygen atoms in total. The van der Waals surface area contributed by atoms with E-state index in [4.69, 9.17) is 91.9 Å². The second-order valence-corrected chi connectivity index (χ2v) is 1.38. The van der Waals surface area contributed by atoms with E-state index in [2.05, 4.69) is 0 Å². The van der Waals surface area contributed by atoms with Crippen LogP contribution in [-0.2, 0) is 0 Å². The van der Waals surface area contributed by atoms with Gasteiger partial charge in [0.1, 0.15) is 0 Å². The summed E-state index contributed by atoms with van der Waals surface area (Å²) in [5.74, 6) is 0. The van der Waals surface area contributed by atoms with Crippen molar-refractivity contribution in [2.75, 3.05) is 0 Å². The number of nitrogens with zero attached hydrogens (tertiary/aromatic N) is 6. The van der Waals surface area contributed by atoms with Crippen LogP contribution in [0.15, 0.2) is 0 Å². The Labute approximate surface area is 176 Å². The number of rotatable bonds is 0. The second kappa shape index (κ2) is 49.5. The fraction of sp³-hybridized carbons (Fsp3) is 0. The summed E-state index contributed by atoms with van der Waals surface area (Å²) >= 11 is 0. The molecule has 0 aliphatic heterocycles. The molecule has 0 fully saturated rings. The molecule has 0 aliphatic rings. The van der Waals surface area contributed by atoms with Crippen LogP contribution in [0.4, 0.5) is 0 Å². The van der Waals surface area contributed by atoms with Gasteiger partial charge < -0.3 is 73.9 Å². The molecular weight excluding hydrogens is 540 g/mol. The summed E-state index contributed by atoms with van der Waals surface area (Å²) < 4.78 is 0. The zero-order valence-electron chi connectivity index (χ0n) is 12.6. The number of quaternary nitrogens is 2. The van der Waals surface area contributed by atoms with Gasteiger partial charge in [-0.2, -0.15) is 0 Å². The molecule has 0 atom stereocenters. The molecule has 0 aromatic heterocycles. The van der Waals surface area contributed by atoms with E-state index in [1.165, 1.54) is 0 Å². The molecule has 0 aliphatic carbocycles. The van der Waals surface area contributed by atoms with Crippen molar-refractivity contribution in [3.63, 3.8) is 0 Å².